The van der Waals surface area contributed by atoms with Gasteiger partial charge in [-0.15, -0.1) is 0 Å². The van der Waals surface area contributed by atoms with Gasteiger partial charge in [0.25, 0.3) is 5.91 Å². The molecule has 0 bridgehead atoms. The Labute approximate surface area is 119 Å². The number of aromatic nitrogens is 2. The van der Waals surface area contributed by atoms with Crippen LogP contribution in [0.15, 0.2) is 24.3 Å². The molecule has 0 radical (unpaired) electrons. The minimum Gasteiger partial charge on any atom is -0.352 e. The fourth-order valence-corrected chi connectivity index (χ4v) is 2.29. The summed E-state index contributed by atoms with van der Waals surface area (Å²) < 4.78 is 1.88. The second kappa shape index (κ2) is 5.90. The number of nitrogens with zero attached hydrogens (tertiary/aromatic N) is 2. The third-order valence-corrected chi connectivity index (χ3v) is 3.63. The number of rotatable bonds is 4. The molecule has 0 atom stereocenters. The van der Waals surface area contributed by atoms with Gasteiger partial charge in [-0.2, -0.15) is 5.10 Å². The SMILES string of the molecule is Cc1ccc(C(=O)NCCc2c(C)nn(C)c2C)cc1. The number of carbonyl (C=O) groups is 1. The normalized spacial score (nSPS) is 10.6. The second-order valence-electron chi connectivity index (χ2n) is 5.14. The maximum atomic E-state index is 12.0. The van der Waals surface area contributed by atoms with Crippen LogP contribution in [0.1, 0.15) is 32.9 Å². The van der Waals surface area contributed by atoms with Crippen molar-refractivity contribution in [2.75, 3.05) is 6.54 Å². The van der Waals surface area contributed by atoms with Crippen LogP contribution in [0.25, 0.3) is 0 Å². The first-order chi connectivity index (χ1) is 9.49. The largest absolute Gasteiger partial charge is 0.352 e. The maximum Gasteiger partial charge on any atom is 0.251 e. The molecule has 2 rings (SSSR count). The lowest BCUT2D eigenvalue weighted by molar-refractivity contribution is 0.0954. The number of amides is 1. The second-order valence-corrected chi connectivity index (χ2v) is 5.14. The Morgan fingerprint density at radius 1 is 1.20 bits per heavy atom. The molecule has 4 nitrogen and oxygen atoms in total. The van der Waals surface area contributed by atoms with Gasteiger partial charge < -0.3 is 5.32 Å². The summed E-state index contributed by atoms with van der Waals surface area (Å²) in [6, 6.07) is 7.60. The zero-order valence-electron chi connectivity index (χ0n) is 12.5. The number of hydrogen-bond acceptors (Lipinski definition) is 2. The van der Waals surface area contributed by atoms with Crippen molar-refractivity contribution in [1.29, 1.82) is 0 Å². The van der Waals surface area contributed by atoms with E-state index in [1.165, 1.54) is 5.56 Å². The molecule has 0 unspecified atom stereocenters. The zero-order chi connectivity index (χ0) is 14.7. The quantitative estimate of drug-likeness (QED) is 0.927. The summed E-state index contributed by atoms with van der Waals surface area (Å²) in [4.78, 5) is 12.0. The Morgan fingerprint density at radius 2 is 1.85 bits per heavy atom. The molecule has 1 aromatic heterocycles. The van der Waals surface area contributed by atoms with Gasteiger partial charge >= 0.3 is 0 Å². The molecule has 0 aliphatic heterocycles. The average Bonchev–Trinajstić information content (AvgIpc) is 2.65. The summed E-state index contributed by atoms with van der Waals surface area (Å²) >= 11 is 0. The summed E-state index contributed by atoms with van der Waals surface area (Å²) in [5.74, 6) is -0.0239. The fraction of sp³-hybridized carbons (Fsp3) is 0.375. The molecular formula is C16H21N3O. The highest BCUT2D eigenvalue weighted by atomic mass is 16.1. The van der Waals surface area contributed by atoms with Crippen molar-refractivity contribution >= 4 is 5.91 Å². The molecule has 1 amide bonds. The first-order valence-electron chi connectivity index (χ1n) is 6.83. The van der Waals surface area contributed by atoms with Crippen molar-refractivity contribution in [2.24, 2.45) is 7.05 Å². The van der Waals surface area contributed by atoms with Gasteiger partial charge in [-0.25, -0.2) is 0 Å². The van der Waals surface area contributed by atoms with Crippen LogP contribution in [0.3, 0.4) is 0 Å². The molecule has 2 aromatic rings. The lowest BCUT2D eigenvalue weighted by Gasteiger charge is -2.06. The molecule has 0 saturated carbocycles. The van der Waals surface area contributed by atoms with Gasteiger partial charge in [0.1, 0.15) is 0 Å². The number of hydrogen-bond donors (Lipinski definition) is 1. The summed E-state index contributed by atoms with van der Waals surface area (Å²) in [5, 5.41) is 7.33. The molecule has 4 heteroatoms. The summed E-state index contributed by atoms with van der Waals surface area (Å²) in [6.07, 6.45) is 0.809. The van der Waals surface area contributed by atoms with E-state index in [2.05, 4.69) is 17.3 Å². The van der Waals surface area contributed by atoms with Crippen molar-refractivity contribution in [3.05, 3.63) is 52.3 Å². The molecule has 0 saturated heterocycles. The Morgan fingerprint density at radius 3 is 2.40 bits per heavy atom. The molecule has 106 valence electrons. The molecule has 0 aliphatic carbocycles. The van der Waals surface area contributed by atoms with E-state index >= 15 is 0 Å². The van der Waals surface area contributed by atoms with Gasteiger partial charge in [-0.05, 0) is 44.9 Å². The number of benzene rings is 1. The highest BCUT2D eigenvalue weighted by Crippen LogP contribution is 2.12. The minimum atomic E-state index is -0.0239. The average molecular weight is 271 g/mol. The topological polar surface area (TPSA) is 46.9 Å². The van der Waals surface area contributed by atoms with Crippen LogP contribution in [0.4, 0.5) is 0 Å². The highest BCUT2D eigenvalue weighted by Gasteiger charge is 2.10. The highest BCUT2D eigenvalue weighted by molar-refractivity contribution is 5.94. The summed E-state index contributed by atoms with van der Waals surface area (Å²) in [6.45, 7) is 6.69. The van der Waals surface area contributed by atoms with E-state index in [9.17, 15) is 4.79 Å². The Hall–Kier alpha value is -2.10. The molecule has 0 spiro atoms. The molecule has 1 heterocycles. The molecular weight excluding hydrogens is 250 g/mol. The van der Waals surface area contributed by atoms with Gasteiger partial charge in [-0.1, -0.05) is 17.7 Å². The van der Waals surface area contributed by atoms with Crippen molar-refractivity contribution in [3.63, 3.8) is 0 Å². The van der Waals surface area contributed by atoms with Gasteiger partial charge in [0.15, 0.2) is 0 Å². The molecule has 0 aliphatic rings. The third-order valence-electron chi connectivity index (χ3n) is 3.63. The van der Waals surface area contributed by atoms with Gasteiger partial charge in [-0.3, -0.25) is 9.48 Å². The smallest absolute Gasteiger partial charge is 0.251 e. The summed E-state index contributed by atoms with van der Waals surface area (Å²) in [5.41, 5.74) is 5.27. The molecule has 20 heavy (non-hydrogen) atoms. The Kier molecular flexibility index (Phi) is 4.23. The van der Waals surface area contributed by atoms with Crippen LogP contribution in [-0.4, -0.2) is 22.2 Å². The first-order valence-corrected chi connectivity index (χ1v) is 6.83. The van der Waals surface area contributed by atoms with Crippen LogP contribution < -0.4 is 5.32 Å². The van der Waals surface area contributed by atoms with Crippen molar-refractivity contribution in [2.45, 2.75) is 27.2 Å². The van der Waals surface area contributed by atoms with E-state index in [-0.39, 0.29) is 5.91 Å². The van der Waals surface area contributed by atoms with Gasteiger partial charge in [0.05, 0.1) is 5.69 Å². The van der Waals surface area contributed by atoms with Crippen LogP contribution in [-0.2, 0) is 13.5 Å². The Balaban J connectivity index is 1.93. The van der Waals surface area contributed by atoms with E-state index in [1.807, 2.05) is 49.8 Å². The van der Waals surface area contributed by atoms with E-state index in [4.69, 9.17) is 0 Å². The summed E-state index contributed by atoms with van der Waals surface area (Å²) in [7, 11) is 1.94. The van der Waals surface area contributed by atoms with Crippen LogP contribution in [0.5, 0.6) is 0 Å². The number of aryl methyl sites for hydroxylation is 3. The van der Waals surface area contributed by atoms with Gasteiger partial charge in [0, 0.05) is 24.8 Å². The lowest BCUT2D eigenvalue weighted by atomic mass is 10.1. The standard InChI is InChI=1S/C16H21N3O/c1-11-5-7-14(8-6-11)16(20)17-10-9-15-12(2)18-19(4)13(15)3/h5-8H,9-10H2,1-4H3,(H,17,20). The van der Waals surface area contributed by atoms with Crippen molar-refractivity contribution in [1.82, 2.24) is 15.1 Å². The van der Waals surface area contributed by atoms with E-state index in [1.54, 1.807) is 0 Å². The third kappa shape index (κ3) is 3.07. The zero-order valence-corrected chi connectivity index (χ0v) is 12.5. The van der Waals surface area contributed by atoms with Gasteiger partial charge in [0.2, 0.25) is 0 Å². The van der Waals surface area contributed by atoms with E-state index < -0.39 is 0 Å². The van der Waals surface area contributed by atoms with Crippen LogP contribution >= 0.6 is 0 Å². The van der Waals surface area contributed by atoms with E-state index in [0.29, 0.717) is 12.1 Å². The van der Waals surface area contributed by atoms with Crippen LogP contribution in [0.2, 0.25) is 0 Å². The lowest BCUT2D eigenvalue weighted by Crippen LogP contribution is -2.25. The fourth-order valence-electron chi connectivity index (χ4n) is 2.29. The monoisotopic (exact) mass is 271 g/mol. The number of carbonyl (C=O) groups excluding carboxylic acids is 1. The van der Waals surface area contributed by atoms with E-state index in [0.717, 1.165) is 23.4 Å². The minimum absolute atomic E-state index is 0.0239. The first kappa shape index (κ1) is 14.3. The van der Waals surface area contributed by atoms with Crippen molar-refractivity contribution < 1.29 is 4.79 Å². The van der Waals surface area contributed by atoms with Crippen LogP contribution in [0, 0.1) is 20.8 Å². The predicted molar refractivity (Wildman–Crippen MR) is 79.9 cm³/mol. The van der Waals surface area contributed by atoms with Crippen molar-refractivity contribution in [3.8, 4) is 0 Å². The molecule has 1 aromatic carbocycles. The number of nitrogens with one attached hydrogen (secondary N) is 1. The Bertz CT molecular complexity index is 611. The predicted octanol–water partition coefficient (Wildman–Crippen LogP) is 2.32. The molecule has 0 fully saturated rings. The molecule has 1 N–H and O–H groups in total. The maximum absolute atomic E-state index is 12.0.